The molecule has 3 rings (SSSR count). The molecule has 2 N–H and O–H groups in total. The largest absolute Gasteiger partial charge is 0.496 e. The topological polar surface area (TPSA) is 67.0 Å². The molecule has 0 fully saturated rings. The highest BCUT2D eigenvalue weighted by Gasteiger charge is 2.05. The minimum Gasteiger partial charge on any atom is -0.496 e. The molecule has 0 bridgehead atoms. The van der Waals surface area contributed by atoms with Crippen molar-refractivity contribution in [1.82, 2.24) is 9.97 Å². The van der Waals surface area contributed by atoms with Gasteiger partial charge in [-0.05, 0) is 6.07 Å². The first kappa shape index (κ1) is 14.8. The van der Waals surface area contributed by atoms with Gasteiger partial charge in [-0.25, -0.2) is 4.98 Å². The molecule has 0 unspecified atom stereocenters. The number of para-hydroxylation sites is 1. The fourth-order valence-corrected chi connectivity index (χ4v) is 2.33. The van der Waals surface area contributed by atoms with Gasteiger partial charge in [0.2, 0.25) is 5.95 Å². The molecule has 116 valence electrons. The van der Waals surface area contributed by atoms with E-state index in [2.05, 4.69) is 15.3 Å². The summed E-state index contributed by atoms with van der Waals surface area (Å²) < 4.78 is 5.32. The highest BCUT2D eigenvalue weighted by molar-refractivity contribution is 5.59. The second kappa shape index (κ2) is 6.79. The molecule has 0 saturated heterocycles. The Balaban J connectivity index is 1.84. The summed E-state index contributed by atoms with van der Waals surface area (Å²) in [6, 6.07) is 18.8. The summed E-state index contributed by atoms with van der Waals surface area (Å²) in [5.41, 5.74) is 2.33. The maximum atomic E-state index is 11.9. The second-order valence-corrected chi connectivity index (χ2v) is 5.01. The number of anilines is 1. The number of methoxy groups -OCH3 is 1. The Bertz CT molecular complexity index is 844. The summed E-state index contributed by atoms with van der Waals surface area (Å²) in [5.74, 6) is 1.23. The minimum atomic E-state index is -0.193. The molecule has 0 saturated carbocycles. The number of rotatable bonds is 5. The molecule has 0 aliphatic carbocycles. The lowest BCUT2D eigenvalue weighted by molar-refractivity contribution is 0.410. The Morgan fingerprint density at radius 1 is 1.09 bits per heavy atom. The third-order valence-electron chi connectivity index (χ3n) is 3.45. The van der Waals surface area contributed by atoms with Crippen LogP contribution < -0.4 is 15.6 Å². The normalized spacial score (nSPS) is 10.3. The van der Waals surface area contributed by atoms with Crippen LogP contribution in [0.2, 0.25) is 0 Å². The van der Waals surface area contributed by atoms with E-state index in [-0.39, 0.29) is 5.56 Å². The van der Waals surface area contributed by atoms with Crippen LogP contribution in [0.15, 0.2) is 65.5 Å². The minimum absolute atomic E-state index is 0.193. The van der Waals surface area contributed by atoms with Crippen molar-refractivity contribution in [2.45, 2.75) is 6.54 Å². The van der Waals surface area contributed by atoms with Crippen LogP contribution in [0.3, 0.4) is 0 Å². The highest BCUT2D eigenvalue weighted by atomic mass is 16.5. The Morgan fingerprint density at radius 3 is 2.61 bits per heavy atom. The van der Waals surface area contributed by atoms with Crippen LogP contribution in [-0.4, -0.2) is 17.1 Å². The van der Waals surface area contributed by atoms with Crippen molar-refractivity contribution < 1.29 is 4.74 Å². The Morgan fingerprint density at radius 2 is 1.83 bits per heavy atom. The maximum Gasteiger partial charge on any atom is 0.252 e. The second-order valence-electron chi connectivity index (χ2n) is 5.01. The van der Waals surface area contributed by atoms with Crippen LogP contribution in [-0.2, 0) is 6.54 Å². The first-order chi connectivity index (χ1) is 11.3. The molecule has 0 aliphatic rings. The van der Waals surface area contributed by atoms with Gasteiger partial charge in [0.15, 0.2) is 0 Å². The molecule has 5 heteroatoms. The molecule has 23 heavy (non-hydrogen) atoms. The summed E-state index contributed by atoms with van der Waals surface area (Å²) in [4.78, 5) is 19.0. The molecular weight excluding hydrogens is 290 g/mol. The fourth-order valence-electron chi connectivity index (χ4n) is 2.33. The molecule has 1 heterocycles. The van der Waals surface area contributed by atoms with Gasteiger partial charge in [0.1, 0.15) is 5.75 Å². The van der Waals surface area contributed by atoms with Crippen molar-refractivity contribution in [2.24, 2.45) is 0 Å². The fraction of sp³-hybridized carbons (Fsp3) is 0.111. The Labute approximate surface area is 134 Å². The van der Waals surface area contributed by atoms with E-state index in [4.69, 9.17) is 4.74 Å². The predicted molar refractivity (Wildman–Crippen MR) is 90.6 cm³/mol. The zero-order chi connectivity index (χ0) is 16.1. The van der Waals surface area contributed by atoms with Crippen molar-refractivity contribution in [3.63, 3.8) is 0 Å². The predicted octanol–water partition coefficient (Wildman–Crippen LogP) is 3.06. The summed E-state index contributed by atoms with van der Waals surface area (Å²) in [7, 11) is 1.63. The monoisotopic (exact) mass is 307 g/mol. The molecule has 3 aromatic rings. The number of hydrogen-bond donors (Lipinski definition) is 2. The van der Waals surface area contributed by atoms with Gasteiger partial charge in [-0.2, -0.15) is 0 Å². The van der Waals surface area contributed by atoms with Gasteiger partial charge < -0.3 is 10.1 Å². The van der Waals surface area contributed by atoms with E-state index < -0.39 is 0 Å². The number of aromatic nitrogens is 2. The number of nitrogens with zero attached hydrogens (tertiary/aromatic N) is 1. The maximum absolute atomic E-state index is 11.9. The number of nitrogens with one attached hydrogen (secondary N) is 2. The van der Waals surface area contributed by atoms with Crippen molar-refractivity contribution in [2.75, 3.05) is 12.4 Å². The van der Waals surface area contributed by atoms with Crippen LogP contribution in [0.4, 0.5) is 5.95 Å². The van der Waals surface area contributed by atoms with E-state index >= 15 is 0 Å². The highest BCUT2D eigenvalue weighted by Crippen LogP contribution is 2.19. The van der Waals surface area contributed by atoms with E-state index in [0.717, 1.165) is 16.9 Å². The van der Waals surface area contributed by atoms with Gasteiger partial charge >= 0.3 is 0 Å². The molecule has 5 nitrogen and oxygen atoms in total. The summed E-state index contributed by atoms with van der Waals surface area (Å²) in [6.45, 7) is 0.505. The van der Waals surface area contributed by atoms with Crippen molar-refractivity contribution in [1.29, 1.82) is 0 Å². The summed E-state index contributed by atoms with van der Waals surface area (Å²) >= 11 is 0. The summed E-state index contributed by atoms with van der Waals surface area (Å²) in [5, 5.41) is 3.14. The zero-order valence-corrected chi connectivity index (χ0v) is 12.7. The molecule has 0 aliphatic heterocycles. The molecule has 0 radical (unpaired) electrons. The number of hydrogen-bond acceptors (Lipinski definition) is 4. The van der Waals surface area contributed by atoms with Gasteiger partial charge in [0.05, 0.1) is 12.8 Å². The average molecular weight is 307 g/mol. The van der Waals surface area contributed by atoms with Crippen LogP contribution in [0.25, 0.3) is 11.3 Å². The summed E-state index contributed by atoms with van der Waals surface area (Å²) in [6.07, 6.45) is 0. The first-order valence-corrected chi connectivity index (χ1v) is 7.29. The van der Waals surface area contributed by atoms with Gasteiger partial charge in [-0.15, -0.1) is 0 Å². The van der Waals surface area contributed by atoms with E-state index in [9.17, 15) is 4.79 Å². The molecule has 0 atom stereocenters. The zero-order valence-electron chi connectivity index (χ0n) is 12.7. The van der Waals surface area contributed by atoms with E-state index in [1.807, 2.05) is 54.6 Å². The van der Waals surface area contributed by atoms with Gasteiger partial charge in [-0.1, -0.05) is 48.5 Å². The van der Waals surface area contributed by atoms with Crippen molar-refractivity contribution in [3.05, 3.63) is 76.6 Å². The number of benzene rings is 2. The molecule has 0 spiro atoms. The molecule has 0 amide bonds. The standard InChI is InChI=1S/C18H17N3O2/c1-23-16-10-6-5-9-14(16)12-19-18-20-15(11-17(22)21-18)13-7-3-2-4-8-13/h2-11H,12H2,1H3,(H2,19,20,21,22). The molecule has 2 aromatic carbocycles. The van der Waals surface area contributed by atoms with Gasteiger partial charge in [0.25, 0.3) is 5.56 Å². The van der Waals surface area contributed by atoms with Crippen LogP contribution in [0, 0.1) is 0 Å². The van der Waals surface area contributed by atoms with E-state index in [0.29, 0.717) is 18.2 Å². The van der Waals surface area contributed by atoms with Crippen LogP contribution in [0.1, 0.15) is 5.56 Å². The van der Waals surface area contributed by atoms with Crippen LogP contribution >= 0.6 is 0 Å². The van der Waals surface area contributed by atoms with Gasteiger partial charge in [0, 0.05) is 23.7 Å². The molecule has 1 aromatic heterocycles. The Kier molecular flexibility index (Phi) is 4.38. The lowest BCUT2D eigenvalue weighted by Crippen LogP contribution is -2.13. The number of ether oxygens (including phenoxy) is 1. The van der Waals surface area contributed by atoms with E-state index in [1.54, 1.807) is 7.11 Å². The van der Waals surface area contributed by atoms with Crippen molar-refractivity contribution in [3.8, 4) is 17.0 Å². The quantitative estimate of drug-likeness (QED) is 0.760. The van der Waals surface area contributed by atoms with Crippen LogP contribution in [0.5, 0.6) is 5.75 Å². The first-order valence-electron chi connectivity index (χ1n) is 7.29. The van der Waals surface area contributed by atoms with Crippen molar-refractivity contribution >= 4 is 5.95 Å². The third-order valence-corrected chi connectivity index (χ3v) is 3.45. The van der Waals surface area contributed by atoms with E-state index in [1.165, 1.54) is 6.07 Å². The lowest BCUT2D eigenvalue weighted by atomic mass is 10.1. The molecular formula is C18H17N3O2. The lowest BCUT2D eigenvalue weighted by Gasteiger charge is -2.10. The Hall–Kier alpha value is -3.08. The third kappa shape index (κ3) is 3.58. The number of H-pyrrole nitrogens is 1. The SMILES string of the molecule is COc1ccccc1CNc1nc(-c2ccccc2)cc(=O)[nH]1. The average Bonchev–Trinajstić information content (AvgIpc) is 2.60. The smallest absolute Gasteiger partial charge is 0.252 e. The van der Waals surface area contributed by atoms with Gasteiger partial charge in [-0.3, -0.25) is 9.78 Å². The number of aromatic amines is 1.